The molecule has 1 aromatic carbocycles. The Morgan fingerprint density at radius 3 is 2.25 bits per heavy atom. The Labute approximate surface area is 122 Å². The minimum absolute atomic E-state index is 0.0288. The first-order valence-corrected chi connectivity index (χ1v) is 7.75. The molecule has 0 bridgehead atoms. The van der Waals surface area contributed by atoms with Crippen molar-refractivity contribution in [1.29, 1.82) is 0 Å². The molecule has 1 aromatic rings. The molecule has 1 amide bonds. The smallest absolute Gasteiger partial charge is 0.223 e. The van der Waals surface area contributed by atoms with Gasteiger partial charge in [0.05, 0.1) is 0 Å². The van der Waals surface area contributed by atoms with Crippen molar-refractivity contribution in [2.75, 3.05) is 6.54 Å². The average Bonchev–Trinajstić information content (AvgIpc) is 2.47. The molecule has 1 rings (SSSR count). The fourth-order valence-electron chi connectivity index (χ4n) is 2.51. The quantitative estimate of drug-likeness (QED) is 0.728. The molecule has 20 heavy (non-hydrogen) atoms. The van der Waals surface area contributed by atoms with Crippen molar-refractivity contribution in [2.24, 2.45) is 11.7 Å². The minimum Gasteiger partial charge on any atom is -0.352 e. The van der Waals surface area contributed by atoms with Crippen LogP contribution in [0.4, 0.5) is 0 Å². The van der Waals surface area contributed by atoms with Crippen LogP contribution in [0.3, 0.4) is 0 Å². The van der Waals surface area contributed by atoms with E-state index in [-0.39, 0.29) is 17.9 Å². The SMILES string of the molecule is CCCC(CCC)C(=O)NC(CN)Cc1ccccc1. The van der Waals surface area contributed by atoms with Crippen molar-refractivity contribution >= 4 is 5.91 Å². The van der Waals surface area contributed by atoms with Gasteiger partial charge in [-0.2, -0.15) is 0 Å². The van der Waals surface area contributed by atoms with E-state index in [2.05, 4.69) is 31.3 Å². The van der Waals surface area contributed by atoms with Gasteiger partial charge in [0, 0.05) is 18.5 Å². The number of carbonyl (C=O) groups excluding carboxylic acids is 1. The molecular formula is C17H28N2O. The van der Waals surface area contributed by atoms with Gasteiger partial charge in [-0.05, 0) is 24.8 Å². The molecule has 0 aliphatic rings. The molecule has 0 aliphatic heterocycles. The van der Waals surface area contributed by atoms with Crippen LogP contribution < -0.4 is 11.1 Å². The Kier molecular flexibility index (Phi) is 7.97. The monoisotopic (exact) mass is 276 g/mol. The number of benzene rings is 1. The first kappa shape index (κ1) is 16.7. The molecule has 3 heteroatoms. The van der Waals surface area contributed by atoms with Gasteiger partial charge >= 0.3 is 0 Å². The van der Waals surface area contributed by atoms with Crippen LogP contribution in [-0.2, 0) is 11.2 Å². The van der Waals surface area contributed by atoms with E-state index in [1.807, 2.05) is 18.2 Å². The Morgan fingerprint density at radius 1 is 1.15 bits per heavy atom. The third kappa shape index (κ3) is 5.74. The highest BCUT2D eigenvalue weighted by molar-refractivity contribution is 5.78. The number of nitrogens with one attached hydrogen (secondary N) is 1. The fraction of sp³-hybridized carbons (Fsp3) is 0.588. The zero-order valence-corrected chi connectivity index (χ0v) is 12.8. The van der Waals surface area contributed by atoms with Crippen molar-refractivity contribution in [2.45, 2.75) is 52.0 Å². The molecule has 0 heterocycles. The van der Waals surface area contributed by atoms with Gasteiger partial charge in [-0.1, -0.05) is 57.0 Å². The molecule has 0 radical (unpaired) electrons. The summed E-state index contributed by atoms with van der Waals surface area (Å²) in [6.07, 6.45) is 4.81. The molecule has 0 aliphatic carbocycles. The van der Waals surface area contributed by atoms with Crippen molar-refractivity contribution in [3.05, 3.63) is 35.9 Å². The standard InChI is InChI=1S/C17H28N2O/c1-3-8-15(9-4-2)17(20)19-16(13-18)12-14-10-6-5-7-11-14/h5-7,10-11,15-16H,3-4,8-9,12-13,18H2,1-2H3,(H,19,20). The zero-order valence-electron chi connectivity index (χ0n) is 12.8. The second-order valence-electron chi connectivity index (χ2n) is 5.41. The van der Waals surface area contributed by atoms with E-state index >= 15 is 0 Å². The van der Waals surface area contributed by atoms with Crippen molar-refractivity contribution in [3.8, 4) is 0 Å². The number of nitrogens with two attached hydrogens (primary N) is 1. The van der Waals surface area contributed by atoms with Gasteiger partial charge < -0.3 is 11.1 Å². The third-order valence-corrected chi connectivity index (χ3v) is 3.60. The molecule has 0 saturated heterocycles. The van der Waals surface area contributed by atoms with E-state index in [0.717, 1.165) is 32.1 Å². The van der Waals surface area contributed by atoms with Gasteiger partial charge in [0.1, 0.15) is 0 Å². The van der Waals surface area contributed by atoms with E-state index < -0.39 is 0 Å². The average molecular weight is 276 g/mol. The summed E-state index contributed by atoms with van der Waals surface area (Å²) in [5.74, 6) is 0.301. The number of amides is 1. The molecule has 0 aromatic heterocycles. The Bertz CT molecular complexity index is 372. The summed E-state index contributed by atoms with van der Waals surface area (Å²) >= 11 is 0. The van der Waals surface area contributed by atoms with E-state index in [0.29, 0.717) is 6.54 Å². The summed E-state index contributed by atoms with van der Waals surface area (Å²) in [5, 5.41) is 3.12. The van der Waals surface area contributed by atoms with Gasteiger partial charge in [0.25, 0.3) is 0 Å². The first-order valence-electron chi connectivity index (χ1n) is 7.75. The minimum atomic E-state index is 0.0288. The topological polar surface area (TPSA) is 55.1 Å². The van der Waals surface area contributed by atoms with Gasteiger partial charge in [-0.15, -0.1) is 0 Å². The van der Waals surface area contributed by atoms with Gasteiger partial charge in [0.2, 0.25) is 5.91 Å². The lowest BCUT2D eigenvalue weighted by atomic mass is 9.96. The molecule has 0 fully saturated rings. The highest BCUT2D eigenvalue weighted by atomic mass is 16.1. The predicted molar refractivity (Wildman–Crippen MR) is 84.4 cm³/mol. The van der Waals surface area contributed by atoms with Crippen molar-refractivity contribution in [3.63, 3.8) is 0 Å². The molecule has 3 nitrogen and oxygen atoms in total. The fourth-order valence-corrected chi connectivity index (χ4v) is 2.51. The van der Waals surface area contributed by atoms with Crippen LogP contribution in [-0.4, -0.2) is 18.5 Å². The summed E-state index contributed by atoms with van der Waals surface area (Å²) in [7, 11) is 0. The molecule has 3 N–H and O–H groups in total. The summed E-state index contributed by atoms with van der Waals surface area (Å²) < 4.78 is 0. The van der Waals surface area contributed by atoms with Gasteiger partial charge in [-0.3, -0.25) is 4.79 Å². The van der Waals surface area contributed by atoms with Crippen LogP contribution in [0.15, 0.2) is 30.3 Å². The van der Waals surface area contributed by atoms with Gasteiger partial charge in [0.15, 0.2) is 0 Å². The lowest BCUT2D eigenvalue weighted by molar-refractivity contribution is -0.126. The highest BCUT2D eigenvalue weighted by Gasteiger charge is 2.19. The molecule has 112 valence electrons. The van der Waals surface area contributed by atoms with Crippen molar-refractivity contribution < 1.29 is 4.79 Å². The third-order valence-electron chi connectivity index (χ3n) is 3.60. The second kappa shape index (κ2) is 9.54. The number of rotatable bonds is 9. The Morgan fingerprint density at radius 2 is 1.75 bits per heavy atom. The van der Waals surface area contributed by atoms with E-state index in [1.165, 1.54) is 5.56 Å². The summed E-state index contributed by atoms with van der Waals surface area (Å²) in [6, 6.07) is 10.2. The maximum absolute atomic E-state index is 12.3. The molecule has 1 atom stereocenters. The Hall–Kier alpha value is -1.35. The van der Waals surface area contributed by atoms with Gasteiger partial charge in [-0.25, -0.2) is 0 Å². The Balaban J connectivity index is 2.55. The first-order chi connectivity index (χ1) is 9.71. The maximum atomic E-state index is 12.3. The molecular weight excluding hydrogens is 248 g/mol. The van der Waals surface area contributed by atoms with Crippen LogP contribution in [0.1, 0.15) is 45.1 Å². The van der Waals surface area contributed by atoms with E-state index in [9.17, 15) is 4.79 Å². The van der Waals surface area contributed by atoms with Crippen LogP contribution in [0.2, 0.25) is 0 Å². The normalized spacial score (nSPS) is 12.4. The van der Waals surface area contributed by atoms with E-state index in [1.54, 1.807) is 0 Å². The number of hydrogen-bond acceptors (Lipinski definition) is 2. The van der Waals surface area contributed by atoms with Crippen LogP contribution in [0, 0.1) is 5.92 Å². The number of carbonyl (C=O) groups is 1. The number of hydrogen-bond donors (Lipinski definition) is 2. The summed E-state index contributed by atoms with van der Waals surface area (Å²) in [4.78, 5) is 12.3. The van der Waals surface area contributed by atoms with E-state index in [4.69, 9.17) is 5.73 Å². The highest BCUT2D eigenvalue weighted by Crippen LogP contribution is 2.14. The zero-order chi connectivity index (χ0) is 14.8. The van der Waals surface area contributed by atoms with Crippen LogP contribution in [0.25, 0.3) is 0 Å². The molecule has 1 unspecified atom stereocenters. The summed E-state index contributed by atoms with van der Waals surface area (Å²) in [6.45, 7) is 4.73. The van der Waals surface area contributed by atoms with Crippen LogP contribution >= 0.6 is 0 Å². The lowest BCUT2D eigenvalue weighted by Gasteiger charge is -2.21. The largest absolute Gasteiger partial charge is 0.352 e. The van der Waals surface area contributed by atoms with Crippen molar-refractivity contribution in [1.82, 2.24) is 5.32 Å². The second-order valence-corrected chi connectivity index (χ2v) is 5.41. The van der Waals surface area contributed by atoms with Crippen LogP contribution in [0.5, 0.6) is 0 Å². The maximum Gasteiger partial charge on any atom is 0.223 e. The summed E-state index contributed by atoms with van der Waals surface area (Å²) in [5.41, 5.74) is 7.02. The molecule has 0 spiro atoms. The predicted octanol–water partition coefficient (Wildman–Crippen LogP) is 2.89. The lowest BCUT2D eigenvalue weighted by Crippen LogP contribution is -2.44. The molecule has 0 saturated carbocycles.